The maximum Gasteiger partial charge on any atom is 0 e. The molecule has 0 aromatic heterocycles. The van der Waals surface area contributed by atoms with Crippen molar-refractivity contribution in [1.29, 1.82) is 0 Å². The average molecular weight is 194 g/mol. The molecule has 0 aromatic rings. The quantitative estimate of drug-likeness (QED) is 0.508. The third kappa shape index (κ3) is 45.7. The standard InChI is InChI=1S/C4H6.Ce/c1-4(2)3;/h1H,2H2,3H3;/q-2;. The van der Waals surface area contributed by atoms with Gasteiger partial charge in [-0.05, 0) is 0 Å². The Morgan fingerprint density at radius 1 is 1.80 bits per heavy atom. The van der Waals surface area contributed by atoms with E-state index in [0.717, 1.165) is 0 Å². The fraction of sp³-hybridized carbons (Fsp3) is 0.250. The Kier molecular flexibility index (Phi) is 9.34. The molecule has 0 radical (unpaired) electrons. The molecule has 0 amide bonds. The van der Waals surface area contributed by atoms with Gasteiger partial charge in [-0.2, -0.15) is 0 Å². The fourth-order valence-electron chi connectivity index (χ4n) is 0. The van der Waals surface area contributed by atoms with Gasteiger partial charge in [0.15, 0.2) is 0 Å². The SMILES string of the molecule is [CH-]=C([CH2-])C.[Ce]. The molecule has 0 nitrogen and oxygen atoms in total. The Balaban J connectivity index is 0. The maximum atomic E-state index is 4.92. The van der Waals surface area contributed by atoms with Gasteiger partial charge in [0.1, 0.15) is 0 Å². The second kappa shape index (κ2) is 4.99. The van der Waals surface area contributed by atoms with Crippen LogP contribution in [0.3, 0.4) is 0 Å². The summed E-state index contributed by atoms with van der Waals surface area (Å²) < 4.78 is 0. The zero-order chi connectivity index (χ0) is 3.58. The molecule has 0 N–H and O–H groups in total. The van der Waals surface area contributed by atoms with Crippen LogP contribution >= 0.6 is 0 Å². The summed E-state index contributed by atoms with van der Waals surface area (Å²) in [6.45, 7) is 10.0. The van der Waals surface area contributed by atoms with Crippen molar-refractivity contribution in [1.82, 2.24) is 0 Å². The van der Waals surface area contributed by atoms with Crippen molar-refractivity contribution in [3.05, 3.63) is 19.1 Å². The molecular weight excluding hydrogens is 188 g/mol. The minimum absolute atomic E-state index is 0. The largest absolute Gasteiger partial charge is 0.546 e. The monoisotopic (exact) mass is 194 g/mol. The van der Waals surface area contributed by atoms with Crippen molar-refractivity contribution in [2.24, 2.45) is 0 Å². The van der Waals surface area contributed by atoms with Gasteiger partial charge in [-0.15, -0.1) is 6.92 Å². The van der Waals surface area contributed by atoms with Crippen LogP contribution in [0.15, 0.2) is 5.57 Å². The summed E-state index contributed by atoms with van der Waals surface area (Å²) in [5, 5.41) is 0. The summed E-state index contributed by atoms with van der Waals surface area (Å²) in [6.07, 6.45) is 0. The zero-order valence-corrected chi connectivity index (χ0v) is 6.42. The van der Waals surface area contributed by atoms with Crippen molar-refractivity contribution >= 4 is 0 Å². The Labute approximate surface area is 67.0 Å². The van der Waals surface area contributed by atoms with Gasteiger partial charge in [-0.1, -0.05) is 0 Å². The maximum absolute atomic E-state index is 4.92. The van der Waals surface area contributed by atoms with Crippen LogP contribution in [0.5, 0.6) is 0 Å². The van der Waals surface area contributed by atoms with E-state index < -0.39 is 0 Å². The molecule has 0 unspecified atom stereocenters. The van der Waals surface area contributed by atoms with Crippen LogP contribution in [0.1, 0.15) is 6.92 Å². The molecule has 0 fully saturated rings. The van der Waals surface area contributed by atoms with E-state index in [1.165, 1.54) is 0 Å². The fourth-order valence-corrected chi connectivity index (χ4v) is 0. The normalized spacial score (nSPS) is 5.00. The topological polar surface area (TPSA) is 0 Å². The molecule has 0 aromatic carbocycles. The number of hydrogen-bond acceptors (Lipinski definition) is 0. The van der Waals surface area contributed by atoms with E-state index in [1.54, 1.807) is 6.92 Å². The van der Waals surface area contributed by atoms with Crippen LogP contribution in [0.2, 0.25) is 0 Å². The predicted molar refractivity (Wildman–Crippen MR) is 18.8 cm³/mol. The van der Waals surface area contributed by atoms with Crippen molar-refractivity contribution in [3.8, 4) is 0 Å². The minimum Gasteiger partial charge on any atom is -0.546 e. The molecule has 28 valence electrons. The number of allylic oxidation sites excluding steroid dienone is 1. The molecule has 5 heavy (non-hydrogen) atoms. The third-order valence-electron chi connectivity index (χ3n) is 0. The van der Waals surface area contributed by atoms with Crippen LogP contribution < -0.4 is 0 Å². The van der Waals surface area contributed by atoms with Gasteiger partial charge in [-0.3, -0.25) is 0 Å². The minimum atomic E-state index is 0. The first-order valence-corrected chi connectivity index (χ1v) is 1.14. The van der Waals surface area contributed by atoms with Crippen LogP contribution in [0.4, 0.5) is 0 Å². The molecule has 0 bridgehead atoms. The Hall–Kier alpha value is 0.987. The number of rotatable bonds is 0. The van der Waals surface area contributed by atoms with E-state index in [-0.39, 0.29) is 41.7 Å². The van der Waals surface area contributed by atoms with Gasteiger partial charge >= 0.3 is 0 Å². The summed E-state index contributed by atoms with van der Waals surface area (Å²) in [4.78, 5) is 0. The van der Waals surface area contributed by atoms with Gasteiger partial charge in [0, 0.05) is 41.7 Å². The Bertz CT molecular complexity index is 26.6. The van der Waals surface area contributed by atoms with E-state index >= 15 is 0 Å². The van der Waals surface area contributed by atoms with E-state index in [0.29, 0.717) is 5.57 Å². The molecule has 0 saturated heterocycles. The third-order valence-corrected chi connectivity index (χ3v) is 0. The van der Waals surface area contributed by atoms with Gasteiger partial charge in [0.05, 0.1) is 0 Å². The summed E-state index contributed by atoms with van der Waals surface area (Å²) >= 11 is 0. The van der Waals surface area contributed by atoms with Crippen molar-refractivity contribution in [2.45, 2.75) is 6.92 Å². The molecule has 0 heterocycles. The van der Waals surface area contributed by atoms with Crippen LogP contribution in [0, 0.1) is 55.2 Å². The van der Waals surface area contributed by atoms with Crippen molar-refractivity contribution in [2.75, 3.05) is 0 Å². The van der Waals surface area contributed by atoms with Gasteiger partial charge < -0.3 is 19.1 Å². The molecule has 0 atom stereocenters. The van der Waals surface area contributed by atoms with E-state index in [2.05, 4.69) is 6.92 Å². The first-order valence-electron chi connectivity index (χ1n) is 1.14. The molecule has 1 heteroatoms. The number of hydrogen-bond donors (Lipinski definition) is 0. The Morgan fingerprint density at radius 3 is 1.80 bits per heavy atom. The molecule has 0 rings (SSSR count). The second-order valence-corrected chi connectivity index (χ2v) is 0.846. The van der Waals surface area contributed by atoms with E-state index in [1.807, 2.05) is 0 Å². The van der Waals surface area contributed by atoms with Crippen molar-refractivity contribution < 1.29 is 41.7 Å². The molecule has 0 aliphatic rings. The van der Waals surface area contributed by atoms with E-state index in [9.17, 15) is 0 Å². The van der Waals surface area contributed by atoms with Crippen LogP contribution in [-0.4, -0.2) is 0 Å². The van der Waals surface area contributed by atoms with E-state index in [4.69, 9.17) is 6.58 Å². The van der Waals surface area contributed by atoms with Crippen LogP contribution in [-0.2, 0) is 0 Å². The Morgan fingerprint density at radius 2 is 1.80 bits per heavy atom. The molecule has 0 spiro atoms. The van der Waals surface area contributed by atoms with Gasteiger partial charge in [0.2, 0.25) is 0 Å². The second-order valence-electron chi connectivity index (χ2n) is 0.846. The average Bonchev–Trinajstić information content (AvgIpc) is 0.811. The van der Waals surface area contributed by atoms with Crippen molar-refractivity contribution in [3.63, 3.8) is 0 Å². The molecule has 0 saturated carbocycles. The summed E-state index contributed by atoms with van der Waals surface area (Å²) in [5.74, 6) is 0. The van der Waals surface area contributed by atoms with Gasteiger partial charge in [-0.25, -0.2) is 0 Å². The summed E-state index contributed by atoms with van der Waals surface area (Å²) in [5.41, 5.74) is 0.667. The van der Waals surface area contributed by atoms with Crippen LogP contribution in [0.25, 0.3) is 0 Å². The molecule has 0 aliphatic heterocycles. The first-order chi connectivity index (χ1) is 1.73. The smallest absolute Gasteiger partial charge is 0 e. The molecular formula is C4H6Ce-2. The van der Waals surface area contributed by atoms with Gasteiger partial charge in [0.25, 0.3) is 0 Å². The summed E-state index contributed by atoms with van der Waals surface area (Å²) in [7, 11) is 0. The predicted octanol–water partition coefficient (Wildman–Crippen LogP) is 1.20. The summed E-state index contributed by atoms with van der Waals surface area (Å²) in [6, 6.07) is 0. The first kappa shape index (κ1) is 9.37. The zero-order valence-electron chi connectivity index (χ0n) is 3.28. The molecule has 0 aliphatic carbocycles.